The summed E-state index contributed by atoms with van der Waals surface area (Å²) in [4.78, 5) is 0.197. The fourth-order valence-electron chi connectivity index (χ4n) is 3.12. The highest BCUT2D eigenvalue weighted by Gasteiger charge is 2.24. The van der Waals surface area contributed by atoms with Gasteiger partial charge in [0, 0.05) is 18.8 Å². The van der Waals surface area contributed by atoms with Crippen LogP contribution in [0.25, 0.3) is 0 Å². The molecule has 1 N–H and O–H groups in total. The molecule has 2 aromatic rings. The second-order valence-electron chi connectivity index (χ2n) is 7.16. The maximum absolute atomic E-state index is 12.7. The first-order valence-corrected chi connectivity index (χ1v) is 12.1. The van der Waals surface area contributed by atoms with E-state index in [2.05, 4.69) is 18.6 Å². The zero-order valence-corrected chi connectivity index (χ0v) is 17.3. The van der Waals surface area contributed by atoms with Crippen LogP contribution in [-0.4, -0.2) is 33.9 Å². The minimum absolute atomic E-state index is 0.197. The highest BCUT2D eigenvalue weighted by molar-refractivity contribution is 7.92. The number of nitrogens with one attached hydrogen (secondary N) is 1. The van der Waals surface area contributed by atoms with Gasteiger partial charge in [-0.05, 0) is 53.3 Å². The van der Waals surface area contributed by atoms with E-state index in [9.17, 15) is 16.8 Å². The van der Waals surface area contributed by atoms with Crippen molar-refractivity contribution < 1.29 is 16.8 Å². The number of hydrogen-bond acceptors (Lipinski definition) is 4. The van der Waals surface area contributed by atoms with Crippen molar-refractivity contribution in [1.29, 1.82) is 0 Å². The molecule has 27 heavy (non-hydrogen) atoms. The Hall–Kier alpha value is -1.90. The first-order valence-electron chi connectivity index (χ1n) is 8.76. The molecular weight excluding hydrogens is 384 g/mol. The minimum Gasteiger partial charge on any atom is -0.280 e. The van der Waals surface area contributed by atoms with E-state index in [1.807, 2.05) is 18.2 Å². The number of sulfonamides is 2. The predicted molar refractivity (Wildman–Crippen MR) is 107 cm³/mol. The largest absolute Gasteiger partial charge is 0.280 e. The normalized spacial score (nSPS) is 15.6. The zero-order chi connectivity index (χ0) is 19.8. The van der Waals surface area contributed by atoms with Crippen LogP contribution in [0.2, 0.25) is 0 Å². The second kappa shape index (κ2) is 7.26. The summed E-state index contributed by atoms with van der Waals surface area (Å²) in [5, 5.41) is 0. The first-order chi connectivity index (χ1) is 12.6. The van der Waals surface area contributed by atoms with Gasteiger partial charge in [0.2, 0.25) is 10.0 Å². The quantitative estimate of drug-likeness (QED) is 0.824. The molecule has 0 atom stereocenters. The van der Waals surface area contributed by atoms with Gasteiger partial charge in [-0.25, -0.2) is 16.8 Å². The molecule has 146 valence electrons. The standard InChI is InChI=1S/C19H24N2O4S2/c1-14(2)15-5-8-19(9-6-15)27(24,25)20-18-7-4-16-10-11-21(26(3,22)23)13-17(16)12-18/h4-9,12,14,20H,10-11,13H2,1-3H3. The topological polar surface area (TPSA) is 83.6 Å². The molecular formula is C19H24N2O4S2. The van der Waals surface area contributed by atoms with E-state index in [1.54, 1.807) is 24.3 Å². The van der Waals surface area contributed by atoms with Crippen LogP contribution in [0, 0.1) is 0 Å². The summed E-state index contributed by atoms with van der Waals surface area (Å²) in [5.41, 5.74) is 3.36. The molecule has 0 amide bonds. The van der Waals surface area contributed by atoms with Gasteiger partial charge >= 0.3 is 0 Å². The van der Waals surface area contributed by atoms with Gasteiger partial charge in [0.1, 0.15) is 0 Å². The SMILES string of the molecule is CC(C)c1ccc(S(=O)(=O)Nc2ccc3c(c2)CN(S(C)(=O)=O)CC3)cc1. The summed E-state index contributed by atoms with van der Waals surface area (Å²) in [7, 11) is -6.98. The summed E-state index contributed by atoms with van der Waals surface area (Å²) >= 11 is 0. The van der Waals surface area contributed by atoms with Crippen LogP contribution in [0.3, 0.4) is 0 Å². The van der Waals surface area contributed by atoms with Gasteiger partial charge in [0.15, 0.2) is 0 Å². The zero-order valence-electron chi connectivity index (χ0n) is 15.6. The Labute approximate surface area is 161 Å². The molecule has 1 aliphatic heterocycles. The van der Waals surface area contributed by atoms with Crippen LogP contribution in [0.4, 0.5) is 5.69 Å². The van der Waals surface area contributed by atoms with E-state index in [0.29, 0.717) is 24.6 Å². The van der Waals surface area contributed by atoms with Crippen molar-refractivity contribution in [2.24, 2.45) is 0 Å². The number of hydrogen-bond donors (Lipinski definition) is 1. The van der Waals surface area contributed by atoms with E-state index >= 15 is 0 Å². The van der Waals surface area contributed by atoms with Crippen molar-refractivity contribution >= 4 is 25.7 Å². The van der Waals surface area contributed by atoms with E-state index in [0.717, 1.165) is 16.7 Å². The number of anilines is 1. The molecule has 1 aliphatic rings. The fraction of sp³-hybridized carbons (Fsp3) is 0.368. The summed E-state index contributed by atoms with van der Waals surface area (Å²) in [6, 6.07) is 12.1. The maximum atomic E-state index is 12.7. The van der Waals surface area contributed by atoms with Gasteiger partial charge < -0.3 is 0 Å². The van der Waals surface area contributed by atoms with Gasteiger partial charge in [-0.15, -0.1) is 0 Å². The monoisotopic (exact) mass is 408 g/mol. The third-order valence-corrected chi connectivity index (χ3v) is 7.41. The number of rotatable bonds is 5. The molecule has 0 radical (unpaired) electrons. The number of nitrogens with zero attached hydrogens (tertiary/aromatic N) is 1. The van der Waals surface area contributed by atoms with Crippen LogP contribution in [0.1, 0.15) is 36.5 Å². The van der Waals surface area contributed by atoms with Crippen LogP contribution < -0.4 is 4.72 Å². The highest BCUT2D eigenvalue weighted by atomic mass is 32.2. The average molecular weight is 409 g/mol. The lowest BCUT2D eigenvalue weighted by molar-refractivity contribution is 0.395. The van der Waals surface area contributed by atoms with Crippen molar-refractivity contribution in [3.63, 3.8) is 0 Å². The lowest BCUT2D eigenvalue weighted by atomic mass is 10.0. The lowest BCUT2D eigenvalue weighted by Crippen LogP contribution is -2.35. The van der Waals surface area contributed by atoms with Gasteiger partial charge in [-0.3, -0.25) is 4.72 Å². The molecule has 0 bridgehead atoms. The lowest BCUT2D eigenvalue weighted by Gasteiger charge is -2.27. The number of fused-ring (bicyclic) bond motifs is 1. The Balaban J connectivity index is 1.83. The Morgan fingerprint density at radius 1 is 0.963 bits per heavy atom. The van der Waals surface area contributed by atoms with E-state index < -0.39 is 20.0 Å². The van der Waals surface area contributed by atoms with E-state index in [4.69, 9.17) is 0 Å². The van der Waals surface area contributed by atoms with E-state index in [1.165, 1.54) is 10.6 Å². The third-order valence-electron chi connectivity index (χ3n) is 4.76. The van der Waals surface area contributed by atoms with Crippen molar-refractivity contribution in [3.05, 3.63) is 59.2 Å². The fourth-order valence-corrected chi connectivity index (χ4v) is 4.97. The molecule has 0 fully saturated rings. The molecule has 0 spiro atoms. The Morgan fingerprint density at radius 2 is 1.63 bits per heavy atom. The van der Waals surface area contributed by atoms with Crippen molar-refractivity contribution in [3.8, 4) is 0 Å². The average Bonchev–Trinajstić information content (AvgIpc) is 2.60. The number of benzene rings is 2. The van der Waals surface area contributed by atoms with Crippen LogP contribution in [0.15, 0.2) is 47.4 Å². The molecule has 0 aromatic heterocycles. The molecule has 0 aliphatic carbocycles. The van der Waals surface area contributed by atoms with Crippen molar-refractivity contribution in [2.75, 3.05) is 17.5 Å². The molecule has 8 heteroatoms. The summed E-state index contributed by atoms with van der Waals surface area (Å²) < 4.78 is 52.9. The van der Waals surface area contributed by atoms with Crippen LogP contribution in [-0.2, 0) is 33.0 Å². The van der Waals surface area contributed by atoms with Crippen LogP contribution >= 0.6 is 0 Å². The predicted octanol–water partition coefficient (Wildman–Crippen LogP) is 2.93. The molecule has 6 nitrogen and oxygen atoms in total. The van der Waals surface area contributed by atoms with Gasteiger partial charge in [0.05, 0.1) is 11.2 Å². The van der Waals surface area contributed by atoms with E-state index in [-0.39, 0.29) is 11.4 Å². The van der Waals surface area contributed by atoms with Gasteiger partial charge in [-0.1, -0.05) is 32.0 Å². The Bertz CT molecular complexity index is 1040. The Morgan fingerprint density at radius 3 is 2.22 bits per heavy atom. The van der Waals surface area contributed by atoms with Gasteiger partial charge in [0.25, 0.3) is 10.0 Å². The molecule has 0 saturated carbocycles. The molecule has 1 heterocycles. The maximum Gasteiger partial charge on any atom is 0.261 e. The third kappa shape index (κ3) is 4.51. The van der Waals surface area contributed by atoms with Gasteiger partial charge in [-0.2, -0.15) is 4.31 Å². The van der Waals surface area contributed by atoms with Crippen LogP contribution in [0.5, 0.6) is 0 Å². The summed E-state index contributed by atoms with van der Waals surface area (Å²) in [6.45, 7) is 4.80. The Kier molecular flexibility index (Phi) is 5.33. The molecule has 0 unspecified atom stereocenters. The van der Waals surface area contributed by atoms with Crippen molar-refractivity contribution in [2.45, 2.75) is 37.6 Å². The summed E-state index contributed by atoms with van der Waals surface area (Å²) in [5.74, 6) is 0.327. The molecule has 2 aromatic carbocycles. The smallest absolute Gasteiger partial charge is 0.261 e. The summed E-state index contributed by atoms with van der Waals surface area (Å²) in [6.07, 6.45) is 1.80. The minimum atomic E-state index is -3.71. The first kappa shape index (κ1) is 19.9. The van der Waals surface area contributed by atoms with Crippen molar-refractivity contribution in [1.82, 2.24) is 4.31 Å². The molecule has 0 saturated heterocycles. The molecule has 3 rings (SSSR count). The second-order valence-corrected chi connectivity index (χ2v) is 10.8. The highest BCUT2D eigenvalue weighted by Crippen LogP contribution is 2.26.